The summed E-state index contributed by atoms with van der Waals surface area (Å²) in [5.74, 6) is 0.166. The van der Waals surface area contributed by atoms with Crippen LogP contribution in [0.4, 0.5) is 5.69 Å². The second kappa shape index (κ2) is 8.03. The van der Waals surface area contributed by atoms with Gasteiger partial charge in [0.15, 0.2) is 0 Å². The van der Waals surface area contributed by atoms with Crippen molar-refractivity contribution in [2.24, 2.45) is 0 Å². The van der Waals surface area contributed by atoms with Crippen LogP contribution in [0.1, 0.15) is 38.2 Å². The zero-order valence-corrected chi connectivity index (χ0v) is 13.2. The van der Waals surface area contributed by atoms with Crippen LogP contribution >= 0.6 is 0 Å². The first-order chi connectivity index (χ1) is 10.3. The molecule has 2 N–H and O–H groups in total. The molecule has 1 amide bonds. The molecule has 1 aliphatic heterocycles. The fourth-order valence-corrected chi connectivity index (χ4v) is 2.92. The molecule has 2 rings (SSSR count). The third-order valence-electron chi connectivity index (χ3n) is 4.25. The molecule has 116 valence electrons. The van der Waals surface area contributed by atoms with Crippen molar-refractivity contribution in [2.45, 2.75) is 32.6 Å². The summed E-state index contributed by atoms with van der Waals surface area (Å²) in [6.07, 6.45) is 1.89. The molecule has 0 bridgehead atoms. The maximum Gasteiger partial charge on any atom is 0.227 e. The normalized spacial score (nSPS) is 17.2. The number of anilines is 1. The molecule has 0 saturated heterocycles. The lowest BCUT2D eigenvalue weighted by atomic mass is 9.90. The predicted octanol–water partition coefficient (Wildman–Crippen LogP) is 2.43. The second-order valence-corrected chi connectivity index (χ2v) is 5.53. The van der Waals surface area contributed by atoms with E-state index in [1.165, 1.54) is 0 Å². The highest BCUT2D eigenvalue weighted by molar-refractivity contribution is 5.86. The molecule has 4 nitrogen and oxygen atoms in total. The van der Waals surface area contributed by atoms with Gasteiger partial charge < -0.3 is 15.5 Å². The van der Waals surface area contributed by atoms with Gasteiger partial charge >= 0.3 is 0 Å². The molecule has 1 unspecified atom stereocenters. The Balaban J connectivity index is 1.82. The average molecular weight is 289 g/mol. The van der Waals surface area contributed by atoms with Gasteiger partial charge in [-0.15, -0.1) is 0 Å². The molecule has 1 aromatic rings. The van der Waals surface area contributed by atoms with E-state index in [9.17, 15) is 4.79 Å². The largest absolute Gasteiger partial charge is 0.385 e. The van der Waals surface area contributed by atoms with Crippen LogP contribution < -0.4 is 10.6 Å². The topological polar surface area (TPSA) is 44.4 Å². The monoisotopic (exact) mass is 289 g/mol. The molecule has 1 heterocycles. The van der Waals surface area contributed by atoms with Crippen molar-refractivity contribution in [3.63, 3.8) is 0 Å². The summed E-state index contributed by atoms with van der Waals surface area (Å²) in [7, 11) is 0. The fourth-order valence-electron chi connectivity index (χ4n) is 2.92. The molecule has 1 atom stereocenters. The first-order valence-electron chi connectivity index (χ1n) is 8.09. The van der Waals surface area contributed by atoms with E-state index in [0.29, 0.717) is 0 Å². The Morgan fingerprint density at radius 2 is 2.10 bits per heavy atom. The SMILES string of the molecule is CCN(CC)CCCNC(=O)C1CCNc2ccccc21. The van der Waals surface area contributed by atoms with Gasteiger partial charge in [-0.25, -0.2) is 0 Å². The first kappa shape index (κ1) is 15.8. The minimum absolute atomic E-state index is 0.00379. The summed E-state index contributed by atoms with van der Waals surface area (Å²) < 4.78 is 0. The Morgan fingerprint density at radius 3 is 2.86 bits per heavy atom. The van der Waals surface area contributed by atoms with Gasteiger partial charge in [0.05, 0.1) is 5.92 Å². The van der Waals surface area contributed by atoms with Crippen molar-refractivity contribution in [1.82, 2.24) is 10.2 Å². The summed E-state index contributed by atoms with van der Waals surface area (Å²) in [4.78, 5) is 14.8. The number of fused-ring (bicyclic) bond motifs is 1. The van der Waals surface area contributed by atoms with E-state index in [0.717, 1.165) is 56.8 Å². The van der Waals surface area contributed by atoms with Gasteiger partial charge in [0.25, 0.3) is 0 Å². The van der Waals surface area contributed by atoms with Crippen molar-refractivity contribution in [1.29, 1.82) is 0 Å². The number of hydrogen-bond acceptors (Lipinski definition) is 3. The van der Waals surface area contributed by atoms with Gasteiger partial charge in [-0.1, -0.05) is 32.0 Å². The van der Waals surface area contributed by atoms with Crippen LogP contribution in [-0.2, 0) is 4.79 Å². The molecule has 21 heavy (non-hydrogen) atoms. The van der Waals surface area contributed by atoms with E-state index >= 15 is 0 Å². The smallest absolute Gasteiger partial charge is 0.227 e. The molecule has 0 aromatic heterocycles. The summed E-state index contributed by atoms with van der Waals surface area (Å²) in [6.45, 7) is 9.19. The first-order valence-corrected chi connectivity index (χ1v) is 8.09. The Bertz CT molecular complexity index is 457. The van der Waals surface area contributed by atoms with Gasteiger partial charge in [0.2, 0.25) is 5.91 Å². The highest BCUT2D eigenvalue weighted by Gasteiger charge is 2.25. The van der Waals surface area contributed by atoms with Crippen LogP contribution in [0.5, 0.6) is 0 Å². The van der Waals surface area contributed by atoms with Gasteiger partial charge in [-0.05, 0) is 44.1 Å². The molecular weight excluding hydrogens is 262 g/mol. The van der Waals surface area contributed by atoms with E-state index in [4.69, 9.17) is 0 Å². The van der Waals surface area contributed by atoms with Crippen LogP contribution in [0.25, 0.3) is 0 Å². The number of rotatable bonds is 7. The molecule has 0 aliphatic carbocycles. The molecule has 1 aliphatic rings. The Morgan fingerprint density at radius 1 is 1.33 bits per heavy atom. The second-order valence-electron chi connectivity index (χ2n) is 5.53. The summed E-state index contributed by atoms with van der Waals surface area (Å²) >= 11 is 0. The molecule has 0 saturated carbocycles. The standard InChI is InChI=1S/C17H27N3O/c1-3-20(4-2)13-7-11-19-17(21)15-10-12-18-16-9-6-5-8-14(15)16/h5-6,8-9,15,18H,3-4,7,10-13H2,1-2H3,(H,19,21). The van der Waals surface area contributed by atoms with Crippen LogP contribution in [-0.4, -0.2) is 43.5 Å². The molecule has 1 aromatic carbocycles. The number of amides is 1. The van der Waals surface area contributed by atoms with Gasteiger partial charge in [-0.2, -0.15) is 0 Å². The van der Waals surface area contributed by atoms with Crippen LogP contribution in [0.3, 0.4) is 0 Å². The quantitative estimate of drug-likeness (QED) is 0.758. The van der Waals surface area contributed by atoms with Crippen LogP contribution in [0, 0.1) is 0 Å². The third kappa shape index (κ3) is 4.21. The lowest BCUT2D eigenvalue weighted by Gasteiger charge is -2.26. The number of carbonyl (C=O) groups excluding carboxylic acids is 1. The molecule has 0 fully saturated rings. The van der Waals surface area contributed by atoms with E-state index < -0.39 is 0 Å². The lowest BCUT2D eigenvalue weighted by Crippen LogP contribution is -2.35. The van der Waals surface area contributed by atoms with Gasteiger partial charge in [0.1, 0.15) is 0 Å². The Labute approximate surface area is 127 Å². The molecular formula is C17H27N3O. The van der Waals surface area contributed by atoms with Crippen molar-refractivity contribution in [3.05, 3.63) is 29.8 Å². The van der Waals surface area contributed by atoms with Gasteiger partial charge in [0, 0.05) is 18.8 Å². The highest BCUT2D eigenvalue weighted by Crippen LogP contribution is 2.31. The maximum atomic E-state index is 12.4. The average Bonchev–Trinajstić information content (AvgIpc) is 2.54. The van der Waals surface area contributed by atoms with Crippen LogP contribution in [0.2, 0.25) is 0 Å². The van der Waals surface area contributed by atoms with E-state index in [2.05, 4.69) is 41.5 Å². The summed E-state index contributed by atoms with van der Waals surface area (Å²) in [5.41, 5.74) is 2.23. The predicted molar refractivity (Wildman–Crippen MR) is 87.7 cm³/mol. The lowest BCUT2D eigenvalue weighted by molar-refractivity contribution is -0.122. The number of para-hydroxylation sites is 1. The molecule has 0 radical (unpaired) electrons. The maximum absolute atomic E-state index is 12.4. The third-order valence-corrected chi connectivity index (χ3v) is 4.25. The molecule has 4 heteroatoms. The zero-order valence-electron chi connectivity index (χ0n) is 13.2. The van der Waals surface area contributed by atoms with Crippen LogP contribution in [0.15, 0.2) is 24.3 Å². The number of nitrogens with one attached hydrogen (secondary N) is 2. The molecule has 0 spiro atoms. The number of benzene rings is 1. The van der Waals surface area contributed by atoms with Crippen molar-refractivity contribution < 1.29 is 4.79 Å². The zero-order chi connectivity index (χ0) is 15.1. The van der Waals surface area contributed by atoms with Crippen molar-refractivity contribution in [2.75, 3.05) is 38.0 Å². The van der Waals surface area contributed by atoms with Gasteiger partial charge in [-0.3, -0.25) is 4.79 Å². The van der Waals surface area contributed by atoms with E-state index in [1.54, 1.807) is 0 Å². The summed E-state index contributed by atoms with van der Waals surface area (Å²) in [5, 5.41) is 6.46. The minimum atomic E-state index is -0.00379. The van der Waals surface area contributed by atoms with Crippen molar-refractivity contribution in [3.8, 4) is 0 Å². The Hall–Kier alpha value is -1.55. The fraction of sp³-hybridized carbons (Fsp3) is 0.588. The number of carbonyl (C=O) groups is 1. The van der Waals surface area contributed by atoms with E-state index in [-0.39, 0.29) is 11.8 Å². The van der Waals surface area contributed by atoms with E-state index in [1.807, 2.05) is 12.1 Å². The number of nitrogens with zero attached hydrogens (tertiary/aromatic N) is 1. The summed E-state index contributed by atoms with van der Waals surface area (Å²) in [6, 6.07) is 8.12. The Kier molecular flexibility index (Phi) is 6.05. The van der Waals surface area contributed by atoms with Crippen molar-refractivity contribution >= 4 is 11.6 Å². The minimum Gasteiger partial charge on any atom is -0.385 e. The highest BCUT2D eigenvalue weighted by atomic mass is 16.1. The number of hydrogen-bond donors (Lipinski definition) is 2.